The van der Waals surface area contributed by atoms with Crippen LogP contribution in [0.25, 0.3) is 11.1 Å². The average Bonchev–Trinajstić information content (AvgIpc) is 3.43. The predicted molar refractivity (Wildman–Crippen MR) is 98.4 cm³/mol. The lowest BCUT2D eigenvalue weighted by Crippen LogP contribution is -2.29. The number of nitrogens with zero attached hydrogens (tertiary/aromatic N) is 1. The molecule has 4 rings (SSSR count). The van der Waals surface area contributed by atoms with Crippen LogP contribution in [0.2, 0.25) is 0 Å². The molecule has 1 aliphatic carbocycles. The molecule has 4 nitrogen and oxygen atoms in total. The number of alkyl halides is 3. The lowest BCUT2D eigenvalue weighted by atomic mass is 9.98. The first-order chi connectivity index (χ1) is 13.3. The minimum atomic E-state index is -4.56. The van der Waals surface area contributed by atoms with Crippen molar-refractivity contribution in [2.45, 2.75) is 31.5 Å². The summed E-state index contributed by atoms with van der Waals surface area (Å²) in [6, 6.07) is 12.3. The highest BCUT2D eigenvalue weighted by Gasteiger charge is 2.42. The number of rotatable bonds is 4. The van der Waals surface area contributed by atoms with Gasteiger partial charge in [-0.2, -0.15) is 13.2 Å². The Hall–Kier alpha value is -2.83. The van der Waals surface area contributed by atoms with Gasteiger partial charge >= 0.3 is 6.18 Å². The van der Waals surface area contributed by atoms with Gasteiger partial charge in [0.25, 0.3) is 0 Å². The van der Waals surface area contributed by atoms with E-state index in [9.17, 15) is 22.8 Å². The summed E-state index contributed by atoms with van der Waals surface area (Å²) in [5.74, 6) is -1.01. The second-order valence-electron chi connectivity index (χ2n) is 7.29. The van der Waals surface area contributed by atoms with Crippen molar-refractivity contribution in [2.75, 3.05) is 11.9 Å². The number of carbonyl (C=O) groups is 2. The van der Waals surface area contributed by atoms with Gasteiger partial charge in [0.15, 0.2) is 0 Å². The number of likely N-dealkylation sites (tertiary alicyclic amines) is 1. The molecule has 0 unspecified atom stereocenters. The van der Waals surface area contributed by atoms with E-state index in [4.69, 9.17) is 0 Å². The Balaban J connectivity index is 1.55. The third-order valence-electron chi connectivity index (χ3n) is 5.19. The third kappa shape index (κ3) is 3.74. The van der Waals surface area contributed by atoms with E-state index in [-0.39, 0.29) is 29.6 Å². The Morgan fingerprint density at radius 3 is 2.43 bits per heavy atom. The fourth-order valence-electron chi connectivity index (χ4n) is 3.62. The van der Waals surface area contributed by atoms with Crippen LogP contribution in [-0.2, 0) is 15.8 Å². The number of hydrogen-bond acceptors (Lipinski definition) is 2. The summed E-state index contributed by atoms with van der Waals surface area (Å²) in [5, 5.41) is 2.56. The molecule has 0 bridgehead atoms. The number of nitrogens with one attached hydrogen (secondary N) is 1. The van der Waals surface area contributed by atoms with E-state index < -0.39 is 23.6 Å². The van der Waals surface area contributed by atoms with Crippen LogP contribution in [0.4, 0.5) is 18.9 Å². The van der Waals surface area contributed by atoms with Crippen molar-refractivity contribution in [1.82, 2.24) is 4.90 Å². The van der Waals surface area contributed by atoms with E-state index in [2.05, 4.69) is 5.32 Å². The fourth-order valence-corrected chi connectivity index (χ4v) is 3.62. The van der Waals surface area contributed by atoms with Gasteiger partial charge in [0.2, 0.25) is 11.8 Å². The molecule has 0 aromatic heterocycles. The second-order valence-corrected chi connectivity index (χ2v) is 7.29. The van der Waals surface area contributed by atoms with Crippen molar-refractivity contribution in [1.29, 1.82) is 0 Å². The van der Waals surface area contributed by atoms with Crippen molar-refractivity contribution in [3.8, 4) is 11.1 Å². The highest BCUT2D eigenvalue weighted by Crippen LogP contribution is 2.39. The van der Waals surface area contributed by atoms with E-state index in [1.807, 2.05) is 0 Å². The molecule has 1 saturated carbocycles. The quantitative estimate of drug-likeness (QED) is 0.848. The van der Waals surface area contributed by atoms with Crippen LogP contribution in [0.3, 0.4) is 0 Å². The maximum atomic E-state index is 13.6. The number of hydrogen-bond donors (Lipinski definition) is 1. The summed E-state index contributed by atoms with van der Waals surface area (Å²) in [6.07, 6.45) is -2.54. The molecule has 1 aliphatic heterocycles. The first-order valence-electron chi connectivity index (χ1n) is 9.20. The topological polar surface area (TPSA) is 49.4 Å². The molecule has 2 amide bonds. The van der Waals surface area contributed by atoms with Crippen LogP contribution in [0.15, 0.2) is 48.5 Å². The highest BCUT2D eigenvalue weighted by molar-refractivity contribution is 5.97. The Kier molecular flexibility index (Phi) is 4.61. The number of benzene rings is 2. The zero-order valence-electron chi connectivity index (χ0n) is 15.0. The van der Waals surface area contributed by atoms with Gasteiger partial charge < -0.3 is 10.2 Å². The molecule has 7 heteroatoms. The fraction of sp³-hybridized carbons (Fsp3) is 0.333. The molecular formula is C21H19F3N2O2. The van der Waals surface area contributed by atoms with Crippen LogP contribution in [0.5, 0.6) is 0 Å². The first-order valence-corrected chi connectivity index (χ1v) is 9.20. The van der Waals surface area contributed by atoms with Crippen molar-refractivity contribution in [3.63, 3.8) is 0 Å². The van der Waals surface area contributed by atoms with Crippen molar-refractivity contribution >= 4 is 17.5 Å². The molecule has 0 radical (unpaired) electrons. The molecule has 2 fully saturated rings. The van der Waals surface area contributed by atoms with E-state index in [1.54, 1.807) is 35.2 Å². The maximum Gasteiger partial charge on any atom is 0.417 e. The minimum Gasteiger partial charge on any atom is -0.339 e. The lowest BCUT2D eigenvalue weighted by molar-refractivity contribution is -0.137. The van der Waals surface area contributed by atoms with Gasteiger partial charge in [0.1, 0.15) is 0 Å². The van der Waals surface area contributed by atoms with Gasteiger partial charge in [-0.15, -0.1) is 0 Å². The molecule has 1 saturated heterocycles. The van der Waals surface area contributed by atoms with Crippen molar-refractivity contribution < 1.29 is 22.8 Å². The molecule has 28 heavy (non-hydrogen) atoms. The summed E-state index contributed by atoms with van der Waals surface area (Å²) in [7, 11) is 0. The summed E-state index contributed by atoms with van der Waals surface area (Å²) in [5.41, 5.74) is -0.218. The Bertz CT molecular complexity index is 908. The highest BCUT2D eigenvalue weighted by atomic mass is 19.4. The number of halogens is 3. The molecule has 2 aromatic carbocycles. The third-order valence-corrected chi connectivity index (χ3v) is 5.19. The lowest BCUT2D eigenvalue weighted by Gasteiger charge is -2.17. The molecule has 1 N–H and O–H groups in total. The van der Waals surface area contributed by atoms with Crippen LogP contribution < -0.4 is 5.32 Å². The maximum absolute atomic E-state index is 13.6. The Morgan fingerprint density at radius 2 is 1.79 bits per heavy atom. The molecule has 1 heterocycles. The zero-order valence-corrected chi connectivity index (χ0v) is 15.0. The molecule has 0 spiro atoms. The van der Waals surface area contributed by atoms with Crippen molar-refractivity contribution in [2.24, 2.45) is 5.92 Å². The predicted octanol–water partition coefficient (Wildman–Crippen LogP) is 4.32. The van der Waals surface area contributed by atoms with E-state index in [0.717, 1.165) is 18.9 Å². The van der Waals surface area contributed by atoms with Crippen LogP contribution in [0, 0.1) is 5.92 Å². The van der Waals surface area contributed by atoms with Gasteiger partial charge in [0, 0.05) is 24.7 Å². The van der Waals surface area contributed by atoms with Crippen LogP contribution in [0.1, 0.15) is 24.8 Å². The summed E-state index contributed by atoms with van der Waals surface area (Å²) < 4.78 is 40.8. The van der Waals surface area contributed by atoms with Gasteiger partial charge in [-0.1, -0.05) is 36.4 Å². The monoisotopic (exact) mass is 388 g/mol. The van der Waals surface area contributed by atoms with Crippen molar-refractivity contribution in [3.05, 3.63) is 54.1 Å². The summed E-state index contributed by atoms with van der Waals surface area (Å²) >= 11 is 0. The van der Waals surface area contributed by atoms with E-state index in [1.165, 1.54) is 12.1 Å². The zero-order chi connectivity index (χ0) is 19.9. The molecular weight excluding hydrogens is 369 g/mol. The van der Waals surface area contributed by atoms with Gasteiger partial charge in [-0.25, -0.2) is 0 Å². The van der Waals surface area contributed by atoms with Crippen LogP contribution in [-0.4, -0.2) is 29.3 Å². The van der Waals surface area contributed by atoms with Gasteiger partial charge in [-0.3, -0.25) is 9.59 Å². The first kappa shape index (κ1) is 18.5. The van der Waals surface area contributed by atoms with E-state index >= 15 is 0 Å². The molecule has 146 valence electrons. The van der Waals surface area contributed by atoms with Gasteiger partial charge in [0.05, 0.1) is 11.5 Å². The average molecular weight is 388 g/mol. The SMILES string of the molecule is O=C(Nc1ccc(-c2ccccc2)c(C(F)(F)F)c1)[C@@H]1CC(=O)N(C2CC2)C1. The second kappa shape index (κ2) is 6.96. The number of anilines is 1. The molecule has 2 aliphatic rings. The molecule has 1 atom stereocenters. The van der Waals surface area contributed by atoms with E-state index in [0.29, 0.717) is 12.1 Å². The number of amides is 2. The van der Waals surface area contributed by atoms with Crippen LogP contribution >= 0.6 is 0 Å². The normalized spacial score (nSPS) is 19.8. The summed E-state index contributed by atoms with van der Waals surface area (Å²) in [4.78, 5) is 26.2. The molecule has 2 aromatic rings. The smallest absolute Gasteiger partial charge is 0.339 e. The Morgan fingerprint density at radius 1 is 1.07 bits per heavy atom. The van der Waals surface area contributed by atoms with Gasteiger partial charge in [-0.05, 0) is 36.1 Å². The number of carbonyl (C=O) groups excluding carboxylic acids is 2. The minimum absolute atomic E-state index is 0.0574. The summed E-state index contributed by atoms with van der Waals surface area (Å²) in [6.45, 7) is 0.337. The Labute approximate surface area is 160 Å². The largest absolute Gasteiger partial charge is 0.417 e. The standard InChI is InChI=1S/C21H19F3N2O2/c22-21(23,24)18-11-15(6-9-17(18)13-4-2-1-3-5-13)25-20(28)14-10-19(27)26(12-14)16-7-8-16/h1-6,9,11,14,16H,7-8,10,12H2,(H,25,28)/t14-/m1/s1.